The summed E-state index contributed by atoms with van der Waals surface area (Å²) < 4.78 is 5.31. The summed E-state index contributed by atoms with van der Waals surface area (Å²) in [6, 6.07) is 7.30. The fourth-order valence-corrected chi connectivity index (χ4v) is 3.86. The van der Waals surface area contributed by atoms with Gasteiger partial charge in [0.1, 0.15) is 11.4 Å². The molecule has 0 unspecified atom stereocenters. The van der Waals surface area contributed by atoms with E-state index in [0.717, 1.165) is 12.8 Å². The van der Waals surface area contributed by atoms with Crippen molar-refractivity contribution in [3.8, 4) is 5.75 Å². The van der Waals surface area contributed by atoms with E-state index in [-0.39, 0.29) is 17.8 Å². The Morgan fingerprint density at radius 2 is 1.75 bits per heavy atom. The summed E-state index contributed by atoms with van der Waals surface area (Å²) in [7, 11) is 0. The Labute approximate surface area is 165 Å². The van der Waals surface area contributed by atoms with Crippen molar-refractivity contribution >= 4 is 11.9 Å². The third-order valence-corrected chi connectivity index (χ3v) is 5.34. The van der Waals surface area contributed by atoms with E-state index < -0.39 is 5.97 Å². The molecule has 6 nitrogen and oxygen atoms in total. The molecule has 0 aliphatic carbocycles. The first kappa shape index (κ1) is 20.0. The van der Waals surface area contributed by atoms with Crippen LogP contribution in [0.4, 0.5) is 0 Å². The number of amides is 1. The van der Waals surface area contributed by atoms with Gasteiger partial charge in [0.25, 0.3) is 5.91 Å². The van der Waals surface area contributed by atoms with E-state index >= 15 is 0 Å². The minimum absolute atomic E-state index is 0.0756. The summed E-state index contributed by atoms with van der Waals surface area (Å²) in [6.45, 7) is 8.51. The highest BCUT2D eigenvalue weighted by atomic mass is 16.5. The molecular weight excluding hydrogens is 356 g/mol. The SMILES string of the molecule is Cc1[nH]c(C(=O)N2CCC(c3ccc(O)cc3)CC2)c(C)c1C(=O)OC(C)C. The number of esters is 1. The number of aromatic nitrogens is 1. The van der Waals surface area contributed by atoms with E-state index in [4.69, 9.17) is 4.74 Å². The fraction of sp³-hybridized carbons (Fsp3) is 0.455. The van der Waals surface area contributed by atoms with Crippen LogP contribution >= 0.6 is 0 Å². The third kappa shape index (κ3) is 4.06. The number of rotatable bonds is 4. The molecule has 3 rings (SSSR count). The first-order valence-electron chi connectivity index (χ1n) is 9.76. The van der Waals surface area contributed by atoms with Gasteiger partial charge in [0, 0.05) is 18.8 Å². The van der Waals surface area contributed by atoms with Crippen LogP contribution in [0.1, 0.15) is 70.3 Å². The minimum atomic E-state index is -0.397. The maximum absolute atomic E-state index is 13.0. The summed E-state index contributed by atoms with van der Waals surface area (Å²) in [5.41, 5.74) is 3.42. The average molecular weight is 384 g/mol. The van der Waals surface area contributed by atoms with Gasteiger partial charge in [-0.25, -0.2) is 4.79 Å². The fourth-order valence-electron chi connectivity index (χ4n) is 3.86. The number of nitrogens with zero attached hydrogens (tertiary/aromatic N) is 1. The van der Waals surface area contributed by atoms with Gasteiger partial charge >= 0.3 is 5.97 Å². The van der Waals surface area contributed by atoms with E-state index in [1.165, 1.54) is 5.56 Å². The molecule has 1 amide bonds. The van der Waals surface area contributed by atoms with Crippen LogP contribution in [0, 0.1) is 13.8 Å². The summed E-state index contributed by atoms with van der Waals surface area (Å²) in [4.78, 5) is 30.3. The number of carbonyl (C=O) groups is 2. The second kappa shape index (κ2) is 8.09. The number of benzene rings is 1. The maximum atomic E-state index is 13.0. The second-order valence-electron chi connectivity index (χ2n) is 7.74. The summed E-state index contributed by atoms with van der Waals surface area (Å²) >= 11 is 0. The second-order valence-corrected chi connectivity index (χ2v) is 7.74. The van der Waals surface area contributed by atoms with E-state index in [9.17, 15) is 14.7 Å². The zero-order chi connectivity index (χ0) is 20.4. The topological polar surface area (TPSA) is 82.6 Å². The van der Waals surface area contributed by atoms with Crippen molar-refractivity contribution < 1.29 is 19.4 Å². The van der Waals surface area contributed by atoms with Crippen LogP contribution in [0.25, 0.3) is 0 Å². The molecule has 6 heteroatoms. The van der Waals surface area contributed by atoms with Crippen molar-refractivity contribution in [3.05, 3.63) is 52.3 Å². The predicted octanol–water partition coefficient (Wildman–Crippen LogP) is 3.92. The van der Waals surface area contributed by atoms with Gasteiger partial charge in [-0.2, -0.15) is 0 Å². The molecule has 1 saturated heterocycles. The quantitative estimate of drug-likeness (QED) is 0.783. The van der Waals surface area contributed by atoms with Crippen molar-refractivity contribution in [2.45, 2.75) is 52.6 Å². The van der Waals surface area contributed by atoms with Gasteiger partial charge in [0.05, 0.1) is 11.7 Å². The Morgan fingerprint density at radius 3 is 2.32 bits per heavy atom. The number of phenols is 1. The van der Waals surface area contributed by atoms with Crippen LogP contribution in [0.3, 0.4) is 0 Å². The highest BCUT2D eigenvalue weighted by Crippen LogP contribution is 2.30. The van der Waals surface area contributed by atoms with Crippen molar-refractivity contribution in [2.75, 3.05) is 13.1 Å². The van der Waals surface area contributed by atoms with Crippen LogP contribution < -0.4 is 0 Å². The molecule has 0 saturated carbocycles. The first-order chi connectivity index (χ1) is 13.3. The standard InChI is InChI=1S/C22H28N2O4/c1-13(2)28-22(27)19-14(3)20(23-15(19)4)21(26)24-11-9-17(10-12-24)16-5-7-18(25)8-6-16/h5-8,13,17,23,25H,9-12H2,1-4H3. The number of aromatic hydroxyl groups is 1. The number of aryl methyl sites for hydroxylation is 1. The lowest BCUT2D eigenvalue weighted by Crippen LogP contribution is -2.38. The summed E-state index contributed by atoms with van der Waals surface area (Å²) in [5.74, 6) is 0.174. The van der Waals surface area contributed by atoms with E-state index in [1.54, 1.807) is 39.8 Å². The summed E-state index contributed by atoms with van der Waals surface area (Å²) in [6.07, 6.45) is 1.54. The molecule has 0 bridgehead atoms. The number of hydrogen-bond acceptors (Lipinski definition) is 4. The lowest BCUT2D eigenvalue weighted by molar-refractivity contribution is 0.0376. The molecule has 2 N–H and O–H groups in total. The molecule has 28 heavy (non-hydrogen) atoms. The molecule has 1 fully saturated rings. The molecule has 0 radical (unpaired) electrons. The molecule has 2 aromatic rings. The van der Waals surface area contributed by atoms with Crippen LogP contribution in [-0.2, 0) is 4.74 Å². The highest BCUT2D eigenvalue weighted by Gasteiger charge is 2.29. The number of likely N-dealkylation sites (tertiary alicyclic amines) is 1. The number of H-pyrrole nitrogens is 1. The smallest absolute Gasteiger partial charge is 0.340 e. The normalized spacial score (nSPS) is 15.1. The van der Waals surface area contributed by atoms with Gasteiger partial charge in [-0.1, -0.05) is 12.1 Å². The molecule has 0 spiro atoms. The van der Waals surface area contributed by atoms with Crippen molar-refractivity contribution in [1.82, 2.24) is 9.88 Å². The van der Waals surface area contributed by atoms with Gasteiger partial charge < -0.3 is 19.7 Å². The van der Waals surface area contributed by atoms with E-state index in [0.29, 0.717) is 41.5 Å². The largest absolute Gasteiger partial charge is 0.508 e. The van der Waals surface area contributed by atoms with Gasteiger partial charge in [0.15, 0.2) is 0 Å². The third-order valence-electron chi connectivity index (χ3n) is 5.34. The molecule has 1 aliphatic heterocycles. The number of nitrogens with one attached hydrogen (secondary N) is 1. The number of aromatic amines is 1. The van der Waals surface area contributed by atoms with E-state index in [2.05, 4.69) is 4.98 Å². The van der Waals surface area contributed by atoms with Crippen molar-refractivity contribution in [1.29, 1.82) is 0 Å². The number of piperidine rings is 1. The molecule has 150 valence electrons. The van der Waals surface area contributed by atoms with Gasteiger partial charge in [-0.05, 0) is 69.7 Å². The molecular formula is C22H28N2O4. The van der Waals surface area contributed by atoms with Crippen molar-refractivity contribution in [3.63, 3.8) is 0 Å². The lowest BCUT2D eigenvalue weighted by Gasteiger charge is -2.32. The molecule has 1 aromatic heterocycles. The van der Waals surface area contributed by atoms with Crippen LogP contribution in [0.2, 0.25) is 0 Å². The number of phenolic OH excluding ortho intramolecular Hbond substituents is 1. The van der Waals surface area contributed by atoms with Crippen LogP contribution in [0.15, 0.2) is 24.3 Å². The highest BCUT2D eigenvalue weighted by molar-refractivity contribution is 6.00. The van der Waals surface area contributed by atoms with Gasteiger partial charge in [0.2, 0.25) is 0 Å². The average Bonchev–Trinajstić information content (AvgIpc) is 2.95. The molecule has 2 heterocycles. The Morgan fingerprint density at radius 1 is 1.14 bits per heavy atom. The first-order valence-corrected chi connectivity index (χ1v) is 9.76. The van der Waals surface area contributed by atoms with Crippen LogP contribution in [0.5, 0.6) is 5.75 Å². The number of ether oxygens (including phenoxy) is 1. The lowest BCUT2D eigenvalue weighted by atomic mass is 9.89. The minimum Gasteiger partial charge on any atom is -0.508 e. The van der Waals surface area contributed by atoms with Gasteiger partial charge in [-0.3, -0.25) is 4.79 Å². The Bertz CT molecular complexity index is 859. The molecule has 0 atom stereocenters. The Balaban J connectivity index is 1.70. The van der Waals surface area contributed by atoms with Crippen LogP contribution in [-0.4, -0.2) is 46.1 Å². The zero-order valence-electron chi connectivity index (χ0n) is 16.9. The van der Waals surface area contributed by atoms with E-state index in [1.807, 2.05) is 17.0 Å². The number of hydrogen-bond donors (Lipinski definition) is 2. The molecule has 1 aliphatic rings. The number of carbonyl (C=O) groups excluding carboxylic acids is 2. The monoisotopic (exact) mass is 384 g/mol. The maximum Gasteiger partial charge on any atom is 0.340 e. The van der Waals surface area contributed by atoms with Crippen molar-refractivity contribution in [2.24, 2.45) is 0 Å². The molecule has 1 aromatic carbocycles. The zero-order valence-corrected chi connectivity index (χ0v) is 16.9. The van der Waals surface area contributed by atoms with Gasteiger partial charge in [-0.15, -0.1) is 0 Å². The Kier molecular flexibility index (Phi) is 5.77. The predicted molar refractivity (Wildman–Crippen MR) is 107 cm³/mol. The summed E-state index contributed by atoms with van der Waals surface area (Å²) in [5, 5.41) is 9.44. The Hall–Kier alpha value is -2.76.